The maximum atomic E-state index is 10.9. The number of aryl methyl sites for hydroxylation is 1. The number of hydrogen-bond acceptors (Lipinski definition) is 3. The molecule has 1 aromatic rings. The van der Waals surface area contributed by atoms with E-state index >= 15 is 0 Å². The molecule has 0 saturated heterocycles. The van der Waals surface area contributed by atoms with E-state index in [0.29, 0.717) is 17.5 Å². The highest BCUT2D eigenvalue weighted by Crippen LogP contribution is 2.25. The Morgan fingerprint density at radius 3 is 2.53 bits per heavy atom. The van der Waals surface area contributed by atoms with Crippen LogP contribution < -0.4 is 5.32 Å². The molecule has 1 rings (SSSR count). The van der Waals surface area contributed by atoms with Crippen LogP contribution in [0.4, 0.5) is 11.4 Å². The van der Waals surface area contributed by atoms with Gasteiger partial charge in [0.05, 0.1) is 4.92 Å². The van der Waals surface area contributed by atoms with Gasteiger partial charge in [-0.25, -0.2) is 0 Å². The lowest BCUT2D eigenvalue weighted by Crippen LogP contribution is -2.16. The Morgan fingerprint density at radius 2 is 2.00 bits per heavy atom. The molecule has 0 aliphatic rings. The second-order valence-corrected chi connectivity index (χ2v) is 4.88. The Hall–Kier alpha value is -1.58. The molecule has 1 unspecified atom stereocenters. The normalized spacial score (nSPS) is 12.5. The molecule has 0 aromatic heterocycles. The summed E-state index contributed by atoms with van der Waals surface area (Å²) < 4.78 is 0. The third-order valence-corrected chi connectivity index (χ3v) is 3.10. The second-order valence-electron chi connectivity index (χ2n) is 4.88. The lowest BCUT2D eigenvalue weighted by Gasteiger charge is -2.17. The molecular weight excluding hydrogens is 216 g/mol. The van der Waals surface area contributed by atoms with Crippen LogP contribution >= 0.6 is 0 Å². The van der Waals surface area contributed by atoms with Crippen LogP contribution in [-0.4, -0.2) is 11.5 Å². The molecule has 0 spiro atoms. The first-order valence-corrected chi connectivity index (χ1v) is 5.90. The SMILES string of the molecule is Cc1ccc(NCC(C)C(C)C)c([N+](=O)[O-])c1. The Morgan fingerprint density at radius 1 is 1.35 bits per heavy atom. The van der Waals surface area contributed by atoms with Crippen LogP contribution in [-0.2, 0) is 0 Å². The molecule has 1 atom stereocenters. The summed E-state index contributed by atoms with van der Waals surface area (Å²) in [5.74, 6) is 1.04. The van der Waals surface area contributed by atoms with Crippen molar-refractivity contribution in [3.05, 3.63) is 33.9 Å². The summed E-state index contributed by atoms with van der Waals surface area (Å²) in [6, 6.07) is 5.26. The van der Waals surface area contributed by atoms with Crippen molar-refractivity contribution in [3.63, 3.8) is 0 Å². The predicted molar refractivity (Wildman–Crippen MR) is 70.3 cm³/mol. The third kappa shape index (κ3) is 3.73. The van der Waals surface area contributed by atoms with Gasteiger partial charge in [-0.15, -0.1) is 0 Å². The average Bonchev–Trinajstić information content (AvgIpc) is 2.26. The lowest BCUT2D eigenvalue weighted by atomic mass is 9.98. The fraction of sp³-hybridized carbons (Fsp3) is 0.538. The summed E-state index contributed by atoms with van der Waals surface area (Å²) in [5.41, 5.74) is 1.66. The number of nitrogens with one attached hydrogen (secondary N) is 1. The monoisotopic (exact) mass is 236 g/mol. The molecule has 0 fully saturated rings. The number of benzene rings is 1. The number of nitro benzene ring substituents is 1. The highest BCUT2D eigenvalue weighted by Gasteiger charge is 2.14. The van der Waals surface area contributed by atoms with Gasteiger partial charge in [-0.2, -0.15) is 0 Å². The molecule has 17 heavy (non-hydrogen) atoms. The van der Waals surface area contributed by atoms with Gasteiger partial charge in [-0.3, -0.25) is 10.1 Å². The molecule has 94 valence electrons. The van der Waals surface area contributed by atoms with E-state index < -0.39 is 0 Å². The molecular formula is C13H20N2O2. The molecule has 0 bridgehead atoms. The maximum Gasteiger partial charge on any atom is 0.292 e. The second kappa shape index (κ2) is 5.66. The summed E-state index contributed by atoms with van der Waals surface area (Å²) in [5, 5.41) is 14.1. The molecule has 0 aliphatic carbocycles. The first-order chi connectivity index (χ1) is 7.91. The average molecular weight is 236 g/mol. The third-order valence-electron chi connectivity index (χ3n) is 3.10. The Bertz CT molecular complexity index is 402. The Balaban J connectivity index is 2.80. The van der Waals surface area contributed by atoms with Crippen LogP contribution in [0.15, 0.2) is 18.2 Å². The van der Waals surface area contributed by atoms with Gasteiger partial charge in [0.1, 0.15) is 5.69 Å². The summed E-state index contributed by atoms with van der Waals surface area (Å²) in [6.07, 6.45) is 0. The molecule has 1 N–H and O–H groups in total. The lowest BCUT2D eigenvalue weighted by molar-refractivity contribution is -0.384. The van der Waals surface area contributed by atoms with E-state index in [1.54, 1.807) is 12.1 Å². The van der Waals surface area contributed by atoms with Gasteiger partial charge >= 0.3 is 0 Å². The first kappa shape index (κ1) is 13.5. The Kier molecular flexibility index (Phi) is 4.49. The van der Waals surface area contributed by atoms with Crippen LogP contribution in [0.5, 0.6) is 0 Å². The van der Waals surface area contributed by atoms with Crippen LogP contribution in [0, 0.1) is 28.9 Å². The van der Waals surface area contributed by atoms with Crippen molar-refractivity contribution in [3.8, 4) is 0 Å². The number of rotatable bonds is 5. The zero-order chi connectivity index (χ0) is 13.0. The zero-order valence-corrected chi connectivity index (χ0v) is 10.9. The van der Waals surface area contributed by atoms with Crippen molar-refractivity contribution in [1.82, 2.24) is 0 Å². The van der Waals surface area contributed by atoms with E-state index in [1.165, 1.54) is 0 Å². The topological polar surface area (TPSA) is 55.2 Å². The molecule has 0 heterocycles. The van der Waals surface area contributed by atoms with Crippen molar-refractivity contribution < 1.29 is 4.92 Å². The van der Waals surface area contributed by atoms with Crippen molar-refractivity contribution >= 4 is 11.4 Å². The minimum atomic E-state index is -0.338. The van der Waals surface area contributed by atoms with Gasteiger partial charge in [-0.05, 0) is 30.4 Å². The smallest absolute Gasteiger partial charge is 0.292 e. The summed E-state index contributed by atoms with van der Waals surface area (Å²) in [7, 11) is 0. The van der Waals surface area contributed by atoms with Crippen molar-refractivity contribution in [2.24, 2.45) is 11.8 Å². The minimum absolute atomic E-state index is 0.154. The van der Waals surface area contributed by atoms with Gasteiger partial charge in [0.15, 0.2) is 0 Å². The molecule has 4 heteroatoms. The van der Waals surface area contributed by atoms with E-state index in [9.17, 15) is 10.1 Å². The van der Waals surface area contributed by atoms with Gasteiger partial charge in [-0.1, -0.05) is 26.8 Å². The highest BCUT2D eigenvalue weighted by molar-refractivity contribution is 5.62. The van der Waals surface area contributed by atoms with E-state index in [0.717, 1.165) is 12.1 Å². The fourth-order valence-corrected chi connectivity index (χ4v) is 1.45. The van der Waals surface area contributed by atoms with Crippen LogP contribution in [0.2, 0.25) is 0 Å². The van der Waals surface area contributed by atoms with Crippen molar-refractivity contribution in [2.45, 2.75) is 27.7 Å². The molecule has 0 aliphatic heterocycles. The van der Waals surface area contributed by atoms with E-state index in [1.807, 2.05) is 13.0 Å². The largest absolute Gasteiger partial charge is 0.379 e. The van der Waals surface area contributed by atoms with E-state index in [-0.39, 0.29) is 10.6 Å². The standard InChI is InChI=1S/C13H20N2O2/c1-9(2)11(4)8-14-12-6-5-10(3)7-13(12)15(16)17/h5-7,9,11,14H,8H2,1-4H3. The van der Waals surface area contributed by atoms with Crippen LogP contribution in [0.25, 0.3) is 0 Å². The quantitative estimate of drug-likeness (QED) is 0.627. The Labute approximate surface area is 102 Å². The predicted octanol–water partition coefficient (Wildman–Crippen LogP) is 3.61. The number of hydrogen-bond donors (Lipinski definition) is 1. The number of nitrogens with zero attached hydrogens (tertiary/aromatic N) is 1. The summed E-state index contributed by atoms with van der Waals surface area (Å²) in [4.78, 5) is 10.6. The molecule has 0 amide bonds. The minimum Gasteiger partial charge on any atom is -0.379 e. The number of nitro groups is 1. The van der Waals surface area contributed by atoms with Gasteiger partial charge in [0, 0.05) is 12.6 Å². The van der Waals surface area contributed by atoms with Crippen LogP contribution in [0.1, 0.15) is 26.3 Å². The van der Waals surface area contributed by atoms with Crippen molar-refractivity contribution in [2.75, 3.05) is 11.9 Å². The molecule has 1 aromatic carbocycles. The molecule has 0 radical (unpaired) electrons. The van der Waals surface area contributed by atoms with Crippen molar-refractivity contribution in [1.29, 1.82) is 0 Å². The first-order valence-electron chi connectivity index (χ1n) is 5.90. The summed E-state index contributed by atoms with van der Waals surface area (Å²) in [6.45, 7) is 9.04. The molecule has 0 saturated carbocycles. The van der Waals surface area contributed by atoms with E-state index in [2.05, 4.69) is 26.1 Å². The molecule has 4 nitrogen and oxygen atoms in total. The number of anilines is 1. The van der Waals surface area contributed by atoms with Gasteiger partial charge in [0.2, 0.25) is 0 Å². The highest BCUT2D eigenvalue weighted by atomic mass is 16.6. The van der Waals surface area contributed by atoms with Crippen LogP contribution in [0.3, 0.4) is 0 Å². The van der Waals surface area contributed by atoms with E-state index in [4.69, 9.17) is 0 Å². The zero-order valence-electron chi connectivity index (χ0n) is 10.9. The maximum absolute atomic E-state index is 10.9. The summed E-state index contributed by atoms with van der Waals surface area (Å²) >= 11 is 0. The fourth-order valence-electron chi connectivity index (χ4n) is 1.45. The van der Waals surface area contributed by atoms with Gasteiger partial charge < -0.3 is 5.32 Å². The van der Waals surface area contributed by atoms with Gasteiger partial charge in [0.25, 0.3) is 5.69 Å².